The van der Waals surface area contributed by atoms with E-state index in [4.69, 9.17) is 11.6 Å². The van der Waals surface area contributed by atoms with Gasteiger partial charge in [0.1, 0.15) is 0 Å². The van der Waals surface area contributed by atoms with Crippen LogP contribution < -0.4 is 10.6 Å². The molecule has 2 N–H and O–H groups in total. The van der Waals surface area contributed by atoms with Crippen molar-refractivity contribution in [2.75, 3.05) is 6.54 Å². The van der Waals surface area contributed by atoms with Crippen molar-refractivity contribution in [3.63, 3.8) is 0 Å². The van der Waals surface area contributed by atoms with Gasteiger partial charge in [-0.05, 0) is 31.0 Å². The monoisotopic (exact) mass is 252 g/mol. The maximum absolute atomic E-state index is 11.9. The SMILES string of the molecule is O=C(NCc1ccccc1Cl)[C@@H]1CCCCN1. The van der Waals surface area contributed by atoms with E-state index >= 15 is 0 Å². The fourth-order valence-electron chi connectivity index (χ4n) is 2.02. The Balaban J connectivity index is 1.85. The van der Waals surface area contributed by atoms with Crippen LogP contribution in [0.5, 0.6) is 0 Å². The summed E-state index contributed by atoms with van der Waals surface area (Å²) in [5, 5.41) is 6.85. The van der Waals surface area contributed by atoms with E-state index in [1.165, 1.54) is 0 Å². The molecule has 1 heterocycles. The molecule has 2 rings (SSSR count). The maximum Gasteiger partial charge on any atom is 0.237 e. The Labute approximate surface area is 107 Å². The lowest BCUT2D eigenvalue weighted by Crippen LogP contribution is -2.46. The summed E-state index contributed by atoms with van der Waals surface area (Å²) >= 11 is 6.03. The zero-order chi connectivity index (χ0) is 12.1. The van der Waals surface area contributed by atoms with Crippen molar-refractivity contribution in [1.82, 2.24) is 10.6 Å². The standard InChI is InChI=1S/C13H17ClN2O/c14-11-6-2-1-5-10(11)9-16-13(17)12-7-3-4-8-15-12/h1-2,5-6,12,15H,3-4,7-9H2,(H,16,17)/t12-/m0/s1. The average Bonchev–Trinajstić information content (AvgIpc) is 2.38. The Hall–Kier alpha value is -1.06. The zero-order valence-electron chi connectivity index (χ0n) is 9.71. The van der Waals surface area contributed by atoms with E-state index in [2.05, 4.69) is 10.6 Å². The molecule has 17 heavy (non-hydrogen) atoms. The molecule has 1 aromatic carbocycles. The predicted molar refractivity (Wildman–Crippen MR) is 68.9 cm³/mol. The predicted octanol–water partition coefficient (Wildman–Crippen LogP) is 2.10. The van der Waals surface area contributed by atoms with Crippen molar-refractivity contribution in [2.45, 2.75) is 31.8 Å². The molecule has 92 valence electrons. The first kappa shape index (κ1) is 12.4. The lowest BCUT2D eigenvalue weighted by atomic mass is 10.0. The number of rotatable bonds is 3. The van der Waals surface area contributed by atoms with Crippen LogP contribution in [0.4, 0.5) is 0 Å². The summed E-state index contributed by atoms with van der Waals surface area (Å²) in [6.45, 7) is 1.43. The minimum Gasteiger partial charge on any atom is -0.351 e. The zero-order valence-corrected chi connectivity index (χ0v) is 10.5. The molecule has 4 heteroatoms. The van der Waals surface area contributed by atoms with Crippen LogP contribution in [0.25, 0.3) is 0 Å². The molecule has 1 atom stereocenters. The largest absolute Gasteiger partial charge is 0.351 e. The Morgan fingerprint density at radius 1 is 1.41 bits per heavy atom. The molecular formula is C13H17ClN2O. The van der Waals surface area contributed by atoms with E-state index in [0.29, 0.717) is 11.6 Å². The number of carbonyl (C=O) groups excluding carboxylic acids is 1. The van der Waals surface area contributed by atoms with Gasteiger partial charge in [-0.15, -0.1) is 0 Å². The Morgan fingerprint density at radius 2 is 2.24 bits per heavy atom. The van der Waals surface area contributed by atoms with Gasteiger partial charge >= 0.3 is 0 Å². The van der Waals surface area contributed by atoms with E-state index in [-0.39, 0.29) is 11.9 Å². The van der Waals surface area contributed by atoms with E-state index < -0.39 is 0 Å². The number of piperidine rings is 1. The van der Waals surface area contributed by atoms with Gasteiger partial charge < -0.3 is 10.6 Å². The van der Waals surface area contributed by atoms with Crippen LogP contribution >= 0.6 is 11.6 Å². The van der Waals surface area contributed by atoms with Crippen LogP contribution in [0.1, 0.15) is 24.8 Å². The van der Waals surface area contributed by atoms with Crippen molar-refractivity contribution in [2.24, 2.45) is 0 Å². The molecular weight excluding hydrogens is 236 g/mol. The quantitative estimate of drug-likeness (QED) is 0.865. The molecule has 1 fully saturated rings. The van der Waals surface area contributed by atoms with Gasteiger partial charge in [0.05, 0.1) is 6.04 Å². The Bertz CT molecular complexity index is 389. The van der Waals surface area contributed by atoms with Gasteiger partial charge in [-0.25, -0.2) is 0 Å². The molecule has 1 aromatic rings. The average molecular weight is 253 g/mol. The summed E-state index contributed by atoms with van der Waals surface area (Å²) in [7, 11) is 0. The summed E-state index contributed by atoms with van der Waals surface area (Å²) in [6.07, 6.45) is 3.21. The van der Waals surface area contributed by atoms with E-state index in [1.807, 2.05) is 24.3 Å². The lowest BCUT2D eigenvalue weighted by molar-refractivity contribution is -0.123. The molecule has 1 aliphatic heterocycles. The number of hydrogen-bond donors (Lipinski definition) is 2. The highest BCUT2D eigenvalue weighted by atomic mass is 35.5. The molecule has 0 unspecified atom stereocenters. The van der Waals surface area contributed by atoms with Gasteiger partial charge in [-0.2, -0.15) is 0 Å². The molecule has 1 saturated heterocycles. The maximum atomic E-state index is 11.9. The minimum absolute atomic E-state index is 0.0359. The number of carbonyl (C=O) groups is 1. The van der Waals surface area contributed by atoms with Crippen LogP contribution in [0.15, 0.2) is 24.3 Å². The molecule has 1 amide bonds. The summed E-state index contributed by atoms with van der Waals surface area (Å²) < 4.78 is 0. The highest BCUT2D eigenvalue weighted by molar-refractivity contribution is 6.31. The van der Waals surface area contributed by atoms with Crippen LogP contribution in [0.3, 0.4) is 0 Å². The third-order valence-electron chi connectivity index (χ3n) is 3.04. The fraction of sp³-hybridized carbons (Fsp3) is 0.462. The van der Waals surface area contributed by atoms with Crippen LogP contribution in [-0.2, 0) is 11.3 Å². The fourth-order valence-corrected chi connectivity index (χ4v) is 2.23. The van der Waals surface area contributed by atoms with E-state index in [0.717, 1.165) is 31.4 Å². The highest BCUT2D eigenvalue weighted by Gasteiger charge is 2.19. The van der Waals surface area contributed by atoms with Crippen molar-refractivity contribution in [3.05, 3.63) is 34.9 Å². The molecule has 0 spiro atoms. The molecule has 0 aromatic heterocycles. The number of benzene rings is 1. The lowest BCUT2D eigenvalue weighted by Gasteiger charge is -2.22. The van der Waals surface area contributed by atoms with Gasteiger partial charge in [0.2, 0.25) is 5.91 Å². The summed E-state index contributed by atoms with van der Waals surface area (Å²) in [5.74, 6) is 0.0737. The summed E-state index contributed by atoms with van der Waals surface area (Å²) in [5.41, 5.74) is 0.957. The van der Waals surface area contributed by atoms with Crippen molar-refractivity contribution < 1.29 is 4.79 Å². The first-order valence-electron chi connectivity index (χ1n) is 6.02. The van der Waals surface area contributed by atoms with Crippen molar-refractivity contribution in [1.29, 1.82) is 0 Å². The molecule has 3 nitrogen and oxygen atoms in total. The second-order valence-electron chi connectivity index (χ2n) is 4.31. The van der Waals surface area contributed by atoms with Crippen molar-refractivity contribution in [3.8, 4) is 0 Å². The smallest absolute Gasteiger partial charge is 0.237 e. The molecule has 0 aliphatic carbocycles. The second-order valence-corrected chi connectivity index (χ2v) is 4.72. The molecule has 1 aliphatic rings. The number of nitrogens with one attached hydrogen (secondary N) is 2. The second kappa shape index (κ2) is 6.03. The highest BCUT2D eigenvalue weighted by Crippen LogP contribution is 2.14. The molecule has 0 radical (unpaired) electrons. The van der Waals surface area contributed by atoms with Gasteiger partial charge in [0.25, 0.3) is 0 Å². The Kier molecular flexibility index (Phi) is 4.40. The van der Waals surface area contributed by atoms with Gasteiger partial charge in [0.15, 0.2) is 0 Å². The summed E-state index contributed by atoms with van der Waals surface area (Å²) in [6, 6.07) is 7.53. The van der Waals surface area contributed by atoms with Crippen LogP contribution in [0.2, 0.25) is 5.02 Å². The number of hydrogen-bond acceptors (Lipinski definition) is 2. The van der Waals surface area contributed by atoms with Gasteiger partial charge in [0, 0.05) is 11.6 Å². The normalized spacial score (nSPS) is 19.9. The molecule has 0 bridgehead atoms. The molecule has 0 saturated carbocycles. The number of halogens is 1. The van der Waals surface area contributed by atoms with Crippen LogP contribution in [0, 0.1) is 0 Å². The third kappa shape index (κ3) is 3.45. The van der Waals surface area contributed by atoms with Crippen LogP contribution in [-0.4, -0.2) is 18.5 Å². The first-order chi connectivity index (χ1) is 8.27. The van der Waals surface area contributed by atoms with E-state index in [1.54, 1.807) is 0 Å². The summed E-state index contributed by atoms with van der Waals surface area (Å²) in [4.78, 5) is 11.9. The topological polar surface area (TPSA) is 41.1 Å². The minimum atomic E-state index is -0.0359. The van der Waals surface area contributed by atoms with E-state index in [9.17, 15) is 4.79 Å². The van der Waals surface area contributed by atoms with Gasteiger partial charge in [-0.1, -0.05) is 36.2 Å². The first-order valence-corrected chi connectivity index (χ1v) is 6.39. The van der Waals surface area contributed by atoms with Gasteiger partial charge in [-0.3, -0.25) is 4.79 Å². The number of amides is 1. The third-order valence-corrected chi connectivity index (χ3v) is 3.41. The van der Waals surface area contributed by atoms with Crippen molar-refractivity contribution >= 4 is 17.5 Å². The Morgan fingerprint density at radius 3 is 2.94 bits per heavy atom.